The molecule has 0 aromatic heterocycles. The van der Waals surface area contributed by atoms with Gasteiger partial charge in [0.2, 0.25) is 0 Å². The van der Waals surface area contributed by atoms with Crippen LogP contribution in [-0.4, -0.2) is 0 Å². The summed E-state index contributed by atoms with van der Waals surface area (Å²) in [6.45, 7) is 12.7. The summed E-state index contributed by atoms with van der Waals surface area (Å²) < 4.78 is 0. The van der Waals surface area contributed by atoms with Gasteiger partial charge in [-0.3, -0.25) is 0 Å². The van der Waals surface area contributed by atoms with Crippen molar-refractivity contribution < 1.29 is 0 Å². The van der Waals surface area contributed by atoms with Crippen molar-refractivity contribution in [1.29, 1.82) is 0 Å². The van der Waals surface area contributed by atoms with E-state index in [0.717, 1.165) is 17.8 Å². The highest BCUT2D eigenvalue weighted by atomic mass is 14.5. The molecule has 0 spiro atoms. The Hall–Kier alpha value is -0.260. The van der Waals surface area contributed by atoms with Crippen LogP contribution in [0.5, 0.6) is 0 Å². The van der Waals surface area contributed by atoms with Crippen LogP contribution in [0.2, 0.25) is 0 Å². The van der Waals surface area contributed by atoms with Crippen LogP contribution in [0.1, 0.15) is 86.0 Å². The zero-order valence-electron chi connectivity index (χ0n) is 14.4. The van der Waals surface area contributed by atoms with Gasteiger partial charge in [-0.2, -0.15) is 0 Å². The highest BCUT2D eigenvalue weighted by Crippen LogP contribution is 2.58. The summed E-state index contributed by atoms with van der Waals surface area (Å²) in [6, 6.07) is 0. The van der Waals surface area contributed by atoms with E-state index < -0.39 is 0 Å². The molecule has 0 heteroatoms. The molecule has 3 aliphatic rings. The van der Waals surface area contributed by atoms with Gasteiger partial charge in [0.05, 0.1) is 0 Å². The van der Waals surface area contributed by atoms with Crippen LogP contribution in [0.25, 0.3) is 0 Å². The molecule has 0 heterocycles. The van der Waals surface area contributed by atoms with Gasteiger partial charge < -0.3 is 0 Å². The fourth-order valence-corrected chi connectivity index (χ4v) is 6.09. The predicted molar refractivity (Wildman–Crippen MR) is 87.7 cm³/mol. The first-order valence-corrected chi connectivity index (χ1v) is 9.04. The lowest BCUT2D eigenvalue weighted by atomic mass is 9.52. The Labute approximate surface area is 126 Å². The molecule has 0 aliphatic heterocycles. The first-order valence-electron chi connectivity index (χ1n) is 9.04. The van der Waals surface area contributed by atoms with Gasteiger partial charge in [-0.05, 0) is 74.0 Å². The fraction of sp³-hybridized carbons (Fsp3) is 0.900. The summed E-state index contributed by atoms with van der Waals surface area (Å²) in [7, 11) is 0. The molecule has 0 aromatic rings. The molecular formula is C20H34. The zero-order chi connectivity index (χ0) is 14.5. The second-order valence-corrected chi connectivity index (χ2v) is 9.08. The number of rotatable bonds is 0. The van der Waals surface area contributed by atoms with E-state index in [-0.39, 0.29) is 0 Å². The van der Waals surface area contributed by atoms with Gasteiger partial charge in [0.1, 0.15) is 0 Å². The van der Waals surface area contributed by atoms with Crippen LogP contribution in [0.3, 0.4) is 0 Å². The summed E-state index contributed by atoms with van der Waals surface area (Å²) in [5.41, 5.74) is 4.68. The van der Waals surface area contributed by atoms with E-state index in [1.807, 2.05) is 5.57 Å². The Morgan fingerprint density at radius 1 is 1.00 bits per heavy atom. The van der Waals surface area contributed by atoms with Gasteiger partial charge in [0.15, 0.2) is 0 Å². The van der Waals surface area contributed by atoms with E-state index in [4.69, 9.17) is 0 Å². The van der Waals surface area contributed by atoms with Crippen molar-refractivity contribution in [3.8, 4) is 0 Å². The van der Waals surface area contributed by atoms with Crippen molar-refractivity contribution in [3.63, 3.8) is 0 Å². The summed E-state index contributed by atoms with van der Waals surface area (Å²) in [5.74, 6) is 2.88. The molecule has 2 fully saturated rings. The lowest BCUT2D eigenvalue weighted by Crippen LogP contribution is -2.43. The highest BCUT2D eigenvalue weighted by Gasteiger charge is 2.47. The topological polar surface area (TPSA) is 0 Å². The van der Waals surface area contributed by atoms with Gasteiger partial charge in [0, 0.05) is 0 Å². The molecule has 4 atom stereocenters. The first-order chi connectivity index (χ1) is 9.34. The molecule has 114 valence electrons. The quantitative estimate of drug-likeness (QED) is 0.450. The maximum atomic E-state index is 2.62. The second-order valence-electron chi connectivity index (χ2n) is 9.08. The van der Waals surface area contributed by atoms with Crippen LogP contribution in [0.4, 0.5) is 0 Å². The molecule has 4 unspecified atom stereocenters. The van der Waals surface area contributed by atoms with Gasteiger partial charge in [-0.15, -0.1) is 0 Å². The molecule has 0 nitrogen and oxygen atoms in total. The Morgan fingerprint density at radius 3 is 2.50 bits per heavy atom. The molecule has 3 aliphatic carbocycles. The lowest BCUT2D eigenvalue weighted by molar-refractivity contribution is 0.00534. The molecule has 0 N–H and O–H groups in total. The second kappa shape index (κ2) is 4.89. The van der Waals surface area contributed by atoms with E-state index in [2.05, 4.69) is 34.6 Å². The SMILES string of the molecule is CC1=C2CCC3(C)CCCC(C)C3CC(CC1)C2(C)C. The smallest absolute Gasteiger partial charge is 0.0114 e. The van der Waals surface area contributed by atoms with Crippen molar-refractivity contribution in [1.82, 2.24) is 0 Å². The molecule has 0 saturated heterocycles. The normalized spacial score (nSPS) is 44.5. The number of fused-ring (bicyclic) bond motifs is 3. The number of allylic oxidation sites excluding steroid dienone is 2. The van der Waals surface area contributed by atoms with Crippen LogP contribution >= 0.6 is 0 Å². The minimum atomic E-state index is 0.473. The predicted octanol–water partition coefficient (Wildman–Crippen LogP) is 6.37. The van der Waals surface area contributed by atoms with E-state index in [1.54, 1.807) is 5.57 Å². The molecule has 0 aromatic carbocycles. The van der Waals surface area contributed by atoms with E-state index in [9.17, 15) is 0 Å². The number of hydrogen-bond donors (Lipinski definition) is 0. The third kappa shape index (κ3) is 2.18. The van der Waals surface area contributed by atoms with Crippen molar-refractivity contribution >= 4 is 0 Å². The molecule has 2 bridgehead atoms. The minimum absolute atomic E-state index is 0.473. The molecule has 0 radical (unpaired) electrons. The van der Waals surface area contributed by atoms with Crippen molar-refractivity contribution in [2.24, 2.45) is 28.6 Å². The molecule has 2 saturated carbocycles. The third-order valence-electron chi connectivity index (χ3n) is 7.66. The monoisotopic (exact) mass is 274 g/mol. The average molecular weight is 274 g/mol. The Balaban J connectivity index is 1.97. The van der Waals surface area contributed by atoms with Gasteiger partial charge >= 0.3 is 0 Å². The van der Waals surface area contributed by atoms with Gasteiger partial charge in [-0.1, -0.05) is 51.7 Å². The van der Waals surface area contributed by atoms with Crippen LogP contribution in [-0.2, 0) is 0 Å². The van der Waals surface area contributed by atoms with Crippen LogP contribution in [0, 0.1) is 28.6 Å². The van der Waals surface area contributed by atoms with E-state index in [1.165, 1.54) is 51.4 Å². The maximum Gasteiger partial charge on any atom is -0.0114 e. The molecule has 0 amide bonds. The molecule has 3 rings (SSSR count). The van der Waals surface area contributed by atoms with Gasteiger partial charge in [0.25, 0.3) is 0 Å². The largest absolute Gasteiger partial charge is 0.0736 e. The summed E-state index contributed by atoms with van der Waals surface area (Å²) in [5, 5.41) is 0. The average Bonchev–Trinajstić information content (AvgIpc) is 2.35. The Morgan fingerprint density at radius 2 is 1.75 bits per heavy atom. The third-order valence-corrected chi connectivity index (χ3v) is 7.66. The highest BCUT2D eigenvalue weighted by molar-refractivity contribution is 5.25. The minimum Gasteiger partial charge on any atom is -0.0736 e. The molecular weight excluding hydrogens is 240 g/mol. The number of hydrogen-bond acceptors (Lipinski definition) is 0. The van der Waals surface area contributed by atoms with E-state index >= 15 is 0 Å². The summed E-state index contributed by atoms with van der Waals surface area (Å²) >= 11 is 0. The molecule has 20 heavy (non-hydrogen) atoms. The first kappa shape index (κ1) is 14.7. The van der Waals surface area contributed by atoms with Crippen molar-refractivity contribution in [3.05, 3.63) is 11.1 Å². The van der Waals surface area contributed by atoms with Crippen molar-refractivity contribution in [2.45, 2.75) is 86.0 Å². The van der Waals surface area contributed by atoms with Crippen LogP contribution < -0.4 is 0 Å². The Kier molecular flexibility index (Phi) is 3.58. The summed E-state index contributed by atoms with van der Waals surface area (Å²) in [4.78, 5) is 0. The zero-order valence-corrected chi connectivity index (χ0v) is 14.4. The van der Waals surface area contributed by atoms with E-state index in [0.29, 0.717) is 10.8 Å². The summed E-state index contributed by atoms with van der Waals surface area (Å²) in [6.07, 6.45) is 11.6. The van der Waals surface area contributed by atoms with Crippen LogP contribution in [0.15, 0.2) is 11.1 Å². The lowest BCUT2D eigenvalue weighted by Gasteiger charge is -2.53. The maximum absolute atomic E-state index is 2.62. The Bertz CT molecular complexity index is 414. The van der Waals surface area contributed by atoms with Crippen molar-refractivity contribution in [2.75, 3.05) is 0 Å². The standard InChI is InChI=1S/C20H34/c1-14-7-6-11-20(5)12-10-17-15(2)8-9-16(13-18(14)20)19(17,3)4/h14,16,18H,6-13H2,1-5H3. The fourth-order valence-electron chi connectivity index (χ4n) is 6.09. The van der Waals surface area contributed by atoms with Gasteiger partial charge in [-0.25, -0.2) is 0 Å².